The largest absolute Gasteiger partial charge is 0.0885 e. The van der Waals surface area contributed by atoms with Gasteiger partial charge < -0.3 is 0 Å². The number of hydrogen-bond acceptors (Lipinski definition) is 0. The van der Waals surface area contributed by atoms with E-state index in [9.17, 15) is 0 Å². The number of hydrogen-bond donors (Lipinski definition) is 0. The Bertz CT molecular complexity index is 465. The minimum Gasteiger partial charge on any atom is -0.0885 e. The molecular weight excluding hydrogens is 263 g/mol. The molecule has 0 N–H and O–H groups in total. The summed E-state index contributed by atoms with van der Waals surface area (Å²) in [5, 5.41) is 2.04. The Hall–Kier alpha value is -0.460. The maximum atomic E-state index is 6.22. The molecule has 0 saturated heterocycles. The Morgan fingerprint density at radius 3 is 1.22 bits per heavy atom. The van der Waals surface area contributed by atoms with Crippen LogP contribution in [-0.4, -0.2) is 0 Å². The van der Waals surface area contributed by atoms with Crippen molar-refractivity contribution in [2.24, 2.45) is 0 Å². The van der Waals surface area contributed by atoms with Crippen LogP contribution >= 0.6 is 23.2 Å². The van der Waals surface area contributed by atoms with E-state index in [1.54, 1.807) is 0 Å². The van der Waals surface area contributed by atoms with E-state index in [1.165, 1.54) is 33.4 Å². The summed E-state index contributed by atoms with van der Waals surface area (Å²) in [5.41, 5.74) is 8.34. The van der Waals surface area contributed by atoms with Gasteiger partial charge in [0, 0.05) is 22.9 Å². The zero-order valence-corrected chi connectivity index (χ0v) is 13.1. The van der Waals surface area contributed by atoms with E-state index >= 15 is 0 Å². The van der Waals surface area contributed by atoms with Crippen LogP contribution in [0.2, 0.25) is 0 Å². The third-order valence-electron chi connectivity index (χ3n) is 4.47. The minimum atomic E-state index is 0.950. The molecule has 0 heterocycles. The normalized spacial score (nSPS) is 21.0. The molecule has 0 amide bonds. The van der Waals surface area contributed by atoms with E-state index in [2.05, 4.69) is 27.7 Å². The predicted octanol–water partition coefficient (Wildman–Crippen LogP) is 6.23. The quantitative estimate of drug-likeness (QED) is 0.575. The van der Waals surface area contributed by atoms with Gasteiger partial charge in [0.05, 0.1) is 0 Å². The standard InChI is InChI=1S/C16H20Cl2/c1-9-11(3)15(17)7-13(9)5-6-14-8-16(18)12(4)10(14)2/h5-8H2,1-4H3. The van der Waals surface area contributed by atoms with Crippen LogP contribution < -0.4 is 0 Å². The maximum absolute atomic E-state index is 6.22. The van der Waals surface area contributed by atoms with Crippen molar-refractivity contribution in [3.8, 4) is 0 Å². The van der Waals surface area contributed by atoms with Crippen LogP contribution in [0.25, 0.3) is 0 Å². The van der Waals surface area contributed by atoms with Crippen molar-refractivity contribution in [2.75, 3.05) is 0 Å². The molecule has 2 heteroatoms. The molecule has 0 radical (unpaired) electrons. The van der Waals surface area contributed by atoms with E-state index in [0.29, 0.717) is 0 Å². The van der Waals surface area contributed by atoms with Crippen molar-refractivity contribution in [1.29, 1.82) is 0 Å². The van der Waals surface area contributed by atoms with Gasteiger partial charge in [-0.25, -0.2) is 0 Å². The molecule has 0 nitrogen and oxygen atoms in total. The smallest absolute Gasteiger partial charge is 0.0253 e. The van der Waals surface area contributed by atoms with Crippen LogP contribution in [0.1, 0.15) is 53.4 Å². The van der Waals surface area contributed by atoms with Crippen LogP contribution in [0.4, 0.5) is 0 Å². The molecule has 18 heavy (non-hydrogen) atoms. The van der Waals surface area contributed by atoms with Gasteiger partial charge in [-0.1, -0.05) is 34.3 Å². The molecule has 0 fully saturated rings. The van der Waals surface area contributed by atoms with Crippen LogP contribution in [0.15, 0.2) is 43.5 Å². The summed E-state index contributed by atoms with van der Waals surface area (Å²) in [6.45, 7) is 8.61. The van der Waals surface area contributed by atoms with Gasteiger partial charge in [-0.3, -0.25) is 0 Å². The number of allylic oxidation sites excluding steroid dienone is 8. The molecule has 0 aromatic carbocycles. The maximum Gasteiger partial charge on any atom is 0.0253 e. The van der Waals surface area contributed by atoms with Crippen molar-refractivity contribution in [3.05, 3.63) is 43.5 Å². The highest BCUT2D eigenvalue weighted by Crippen LogP contribution is 2.40. The Labute approximate surface area is 120 Å². The van der Waals surface area contributed by atoms with Gasteiger partial charge >= 0.3 is 0 Å². The first kappa shape index (κ1) is 14.0. The lowest BCUT2D eigenvalue weighted by Crippen LogP contribution is -1.89. The van der Waals surface area contributed by atoms with Gasteiger partial charge in [0.15, 0.2) is 0 Å². The van der Waals surface area contributed by atoms with E-state index in [1.807, 2.05) is 0 Å². The van der Waals surface area contributed by atoms with E-state index in [4.69, 9.17) is 23.2 Å². The zero-order valence-electron chi connectivity index (χ0n) is 11.6. The molecule has 0 aromatic heterocycles. The summed E-state index contributed by atoms with van der Waals surface area (Å²) in [7, 11) is 0. The molecule has 0 spiro atoms. The van der Waals surface area contributed by atoms with Crippen LogP contribution in [-0.2, 0) is 0 Å². The minimum absolute atomic E-state index is 0.950. The van der Waals surface area contributed by atoms with Crippen LogP contribution in [0, 0.1) is 0 Å². The van der Waals surface area contributed by atoms with Crippen molar-refractivity contribution in [3.63, 3.8) is 0 Å². The first-order valence-corrected chi connectivity index (χ1v) is 7.26. The van der Waals surface area contributed by atoms with Gasteiger partial charge in [0.1, 0.15) is 0 Å². The highest BCUT2D eigenvalue weighted by molar-refractivity contribution is 6.31. The second-order valence-electron chi connectivity index (χ2n) is 5.37. The molecule has 98 valence electrons. The zero-order chi connectivity index (χ0) is 13.4. The molecule has 0 unspecified atom stereocenters. The second-order valence-corrected chi connectivity index (χ2v) is 6.28. The van der Waals surface area contributed by atoms with Gasteiger partial charge in [-0.05, 0) is 62.8 Å². The molecule has 2 aliphatic rings. The van der Waals surface area contributed by atoms with Crippen molar-refractivity contribution in [1.82, 2.24) is 0 Å². The van der Waals surface area contributed by atoms with E-state index in [-0.39, 0.29) is 0 Å². The molecule has 0 saturated carbocycles. The Morgan fingerprint density at radius 1 is 0.667 bits per heavy atom. The van der Waals surface area contributed by atoms with E-state index < -0.39 is 0 Å². The Balaban J connectivity index is 2.01. The van der Waals surface area contributed by atoms with Crippen molar-refractivity contribution < 1.29 is 0 Å². The summed E-state index contributed by atoms with van der Waals surface area (Å²) < 4.78 is 0. The van der Waals surface area contributed by atoms with Gasteiger partial charge in [-0.15, -0.1) is 0 Å². The van der Waals surface area contributed by atoms with Gasteiger partial charge in [-0.2, -0.15) is 0 Å². The second kappa shape index (κ2) is 5.27. The fraction of sp³-hybridized carbons (Fsp3) is 0.500. The lowest BCUT2D eigenvalue weighted by Gasteiger charge is -2.08. The van der Waals surface area contributed by atoms with E-state index in [0.717, 1.165) is 35.7 Å². The summed E-state index contributed by atoms with van der Waals surface area (Å²) >= 11 is 12.4. The van der Waals surface area contributed by atoms with Crippen LogP contribution in [0.3, 0.4) is 0 Å². The van der Waals surface area contributed by atoms with Gasteiger partial charge in [0.25, 0.3) is 0 Å². The molecule has 0 atom stereocenters. The SMILES string of the molecule is CC1=C(Cl)CC(CCC2=C(C)C(C)=C(Cl)C2)=C1C. The highest BCUT2D eigenvalue weighted by Gasteiger charge is 2.20. The number of rotatable bonds is 3. The Morgan fingerprint density at radius 2 is 1.00 bits per heavy atom. The summed E-state index contributed by atoms with van der Waals surface area (Å²) in [6.07, 6.45) is 4.13. The number of halogens is 2. The fourth-order valence-electron chi connectivity index (χ4n) is 2.70. The molecule has 0 aromatic rings. The monoisotopic (exact) mass is 282 g/mol. The average Bonchev–Trinajstić information content (AvgIpc) is 2.72. The predicted molar refractivity (Wildman–Crippen MR) is 81.0 cm³/mol. The topological polar surface area (TPSA) is 0 Å². The molecule has 2 rings (SSSR count). The molecular formula is C16H20Cl2. The lowest BCUT2D eigenvalue weighted by atomic mass is 9.98. The van der Waals surface area contributed by atoms with Gasteiger partial charge in [0.2, 0.25) is 0 Å². The first-order valence-electron chi connectivity index (χ1n) is 6.50. The molecule has 0 bridgehead atoms. The average molecular weight is 283 g/mol. The summed E-state index contributed by atoms with van der Waals surface area (Å²) in [5.74, 6) is 0. The summed E-state index contributed by atoms with van der Waals surface area (Å²) in [6, 6.07) is 0. The molecule has 2 aliphatic carbocycles. The Kier molecular flexibility index (Phi) is 4.08. The van der Waals surface area contributed by atoms with Crippen molar-refractivity contribution in [2.45, 2.75) is 53.4 Å². The lowest BCUT2D eigenvalue weighted by molar-refractivity contribution is 0.869. The van der Waals surface area contributed by atoms with Crippen LogP contribution in [0.5, 0.6) is 0 Å². The highest BCUT2D eigenvalue weighted by atomic mass is 35.5. The van der Waals surface area contributed by atoms with Crippen molar-refractivity contribution >= 4 is 23.2 Å². The molecule has 0 aliphatic heterocycles. The third-order valence-corrected chi connectivity index (χ3v) is 5.30. The first-order chi connectivity index (χ1) is 8.41. The summed E-state index contributed by atoms with van der Waals surface area (Å²) in [4.78, 5) is 0. The third kappa shape index (κ3) is 2.46. The fourth-order valence-corrected chi connectivity index (χ4v) is 3.30.